The Morgan fingerprint density at radius 3 is 2.32 bits per heavy atom. The lowest BCUT2D eigenvalue weighted by atomic mass is 10.00. The lowest BCUT2D eigenvalue weighted by Gasteiger charge is -2.20. The number of carbonyl (C=O) groups is 1. The number of aliphatic hydroxyl groups excluding tert-OH is 4. The minimum absolute atomic E-state index is 0.103. The van der Waals surface area contributed by atoms with E-state index in [0.717, 1.165) is 0 Å². The SMILES string of the molecule is C#CCCC1(CCNc2ncnc3c2ncn3[C@H]2O[C@@H](COP(=O)(O)OP(=O)(O)OC[C@H]3O[C@@H](c4cccc(C(N)=O)c4)[C@@H](O)C3O)[C@@H](O)C2O)N=N1. The Labute approximate surface area is 300 Å². The number of ether oxygens (including phenoxy) is 2. The first-order valence-corrected chi connectivity index (χ1v) is 19.0. The van der Waals surface area contributed by atoms with Gasteiger partial charge in [0.1, 0.15) is 49.1 Å². The molecule has 5 heterocycles. The van der Waals surface area contributed by atoms with Crippen LogP contribution in [-0.2, 0) is 32.0 Å². The van der Waals surface area contributed by atoms with Crippen molar-refractivity contribution in [2.45, 2.75) is 73.9 Å². The Hall–Kier alpha value is -3.78. The summed E-state index contributed by atoms with van der Waals surface area (Å²) >= 11 is 0. The number of primary amides is 1. The van der Waals surface area contributed by atoms with E-state index in [1.54, 1.807) is 0 Å². The van der Waals surface area contributed by atoms with Gasteiger partial charge in [-0.3, -0.25) is 18.4 Å². The number of amides is 1. The van der Waals surface area contributed by atoms with Crippen LogP contribution < -0.4 is 11.1 Å². The number of nitrogens with one attached hydrogen (secondary N) is 1. The number of hydrogen-bond acceptors (Lipinski definition) is 18. The van der Waals surface area contributed by atoms with E-state index in [1.165, 1.54) is 41.5 Å². The van der Waals surface area contributed by atoms with Crippen molar-refractivity contribution < 1.29 is 67.0 Å². The molecule has 0 bridgehead atoms. The van der Waals surface area contributed by atoms with Crippen LogP contribution in [0.4, 0.5) is 5.82 Å². The highest BCUT2D eigenvalue weighted by Gasteiger charge is 2.48. The molecule has 0 radical (unpaired) electrons. The number of benzene rings is 1. The Kier molecular flexibility index (Phi) is 11.4. The number of rotatable bonds is 17. The van der Waals surface area contributed by atoms with E-state index >= 15 is 0 Å². The third kappa shape index (κ3) is 8.80. The molecule has 286 valence electrons. The van der Waals surface area contributed by atoms with Crippen LogP contribution in [0.25, 0.3) is 11.2 Å². The van der Waals surface area contributed by atoms with Crippen molar-refractivity contribution in [3.8, 4) is 12.3 Å². The summed E-state index contributed by atoms with van der Waals surface area (Å²) in [5, 5.41) is 53.7. The fourth-order valence-electron chi connectivity index (χ4n) is 5.86. The largest absolute Gasteiger partial charge is 0.481 e. The molecule has 0 aliphatic carbocycles. The van der Waals surface area contributed by atoms with Crippen molar-refractivity contribution >= 4 is 38.5 Å². The van der Waals surface area contributed by atoms with Crippen LogP contribution in [0.3, 0.4) is 0 Å². The molecule has 1 amide bonds. The van der Waals surface area contributed by atoms with Crippen LogP contribution in [0.5, 0.6) is 0 Å². The molecule has 3 aliphatic heterocycles. The summed E-state index contributed by atoms with van der Waals surface area (Å²) < 4.78 is 51.6. The van der Waals surface area contributed by atoms with Crippen LogP contribution in [0.15, 0.2) is 47.1 Å². The highest BCUT2D eigenvalue weighted by molar-refractivity contribution is 7.61. The zero-order valence-corrected chi connectivity index (χ0v) is 29.3. The minimum atomic E-state index is -5.41. The standard InChI is InChI=1S/C29H36N8O14P2/c1-2-3-7-29(35-36-29)8-9-31-26-19-27(33-13-32-26)37(14-34-19)28-23(41)21(39)18(50-28)12-48-53(45,46)51-52(43,44)47-11-17-20(38)22(40)24(49-17)15-5-4-6-16(10-15)25(30)42/h1,4-6,10,13-14,17-18,20-24,28,38-41H,3,7-9,11-12H2,(H2,30,42)(H,43,44)(H,45,46)(H,31,32,33)/t17-,18+,20?,21-,22+,23?,24+,28+/m1/s1. The molecule has 0 saturated carbocycles. The van der Waals surface area contributed by atoms with Crippen LogP contribution in [0.2, 0.25) is 0 Å². The van der Waals surface area contributed by atoms with Gasteiger partial charge in [-0.1, -0.05) is 12.1 Å². The minimum Gasteiger partial charge on any atom is -0.387 e. The van der Waals surface area contributed by atoms with E-state index in [0.29, 0.717) is 37.1 Å². The number of anilines is 1. The third-order valence-corrected chi connectivity index (χ3v) is 11.3. The molecule has 6 rings (SSSR count). The number of aromatic nitrogens is 4. The zero-order valence-electron chi connectivity index (χ0n) is 27.5. The second kappa shape index (κ2) is 15.5. The first-order valence-electron chi connectivity index (χ1n) is 16.0. The Morgan fingerprint density at radius 1 is 0.981 bits per heavy atom. The van der Waals surface area contributed by atoms with Crippen LogP contribution in [0, 0.1) is 12.3 Å². The number of terminal acetylenes is 1. The summed E-state index contributed by atoms with van der Waals surface area (Å²) in [7, 11) is -10.8. The Bertz CT molecular complexity index is 1990. The van der Waals surface area contributed by atoms with Crippen molar-refractivity contribution in [1.29, 1.82) is 0 Å². The Balaban J connectivity index is 1.01. The van der Waals surface area contributed by atoms with Crippen LogP contribution in [-0.4, -0.2) is 118 Å². The number of nitrogens with two attached hydrogens (primary N) is 1. The summed E-state index contributed by atoms with van der Waals surface area (Å²) in [5.74, 6) is 2.18. The number of hydrogen-bond donors (Lipinski definition) is 8. The summed E-state index contributed by atoms with van der Waals surface area (Å²) in [6.07, 6.45) is -2.24. The van der Waals surface area contributed by atoms with Crippen LogP contribution >= 0.6 is 15.6 Å². The summed E-state index contributed by atoms with van der Waals surface area (Å²) in [5.41, 5.74) is 5.66. The number of phosphoric ester groups is 2. The number of imidazole rings is 1. The topological polar surface area (TPSA) is 325 Å². The summed E-state index contributed by atoms with van der Waals surface area (Å²) in [4.78, 5) is 44.6. The second-order valence-corrected chi connectivity index (χ2v) is 15.4. The second-order valence-electron chi connectivity index (χ2n) is 12.3. The molecule has 2 aromatic heterocycles. The number of aliphatic hydroxyl groups is 4. The van der Waals surface area contributed by atoms with Gasteiger partial charge in [-0.2, -0.15) is 14.5 Å². The van der Waals surface area contributed by atoms with Gasteiger partial charge in [0.05, 0.1) is 19.5 Å². The molecule has 0 spiro atoms. The number of carbonyl (C=O) groups excluding carboxylic acids is 1. The van der Waals surface area contributed by atoms with Gasteiger partial charge in [0, 0.05) is 31.4 Å². The molecule has 2 fully saturated rings. The predicted molar refractivity (Wildman–Crippen MR) is 177 cm³/mol. The van der Waals surface area contributed by atoms with Gasteiger partial charge in [0.2, 0.25) is 5.91 Å². The van der Waals surface area contributed by atoms with Gasteiger partial charge in [0.15, 0.2) is 28.9 Å². The van der Waals surface area contributed by atoms with E-state index in [1.807, 2.05) is 0 Å². The fourth-order valence-corrected chi connectivity index (χ4v) is 7.95. The molecule has 22 nitrogen and oxygen atoms in total. The number of fused-ring (bicyclic) bond motifs is 1. The summed E-state index contributed by atoms with van der Waals surface area (Å²) in [6.45, 7) is -1.37. The van der Waals surface area contributed by atoms with Gasteiger partial charge in [-0.05, 0) is 17.7 Å². The van der Waals surface area contributed by atoms with Crippen molar-refractivity contribution in [2.75, 3.05) is 25.1 Å². The average molecular weight is 783 g/mol. The molecular formula is C29H36N8O14P2. The monoisotopic (exact) mass is 782 g/mol. The van der Waals surface area contributed by atoms with E-state index in [4.69, 9.17) is 30.7 Å². The fraction of sp³-hybridized carbons (Fsp3) is 0.517. The smallest absolute Gasteiger partial charge is 0.387 e. The molecule has 3 aliphatic rings. The quantitative estimate of drug-likeness (QED) is 0.0661. The number of nitrogens with zero attached hydrogens (tertiary/aromatic N) is 6. The molecular weight excluding hydrogens is 746 g/mol. The van der Waals surface area contributed by atoms with Crippen molar-refractivity contribution in [1.82, 2.24) is 19.5 Å². The molecule has 4 unspecified atom stereocenters. The van der Waals surface area contributed by atoms with Gasteiger partial charge in [-0.15, -0.1) is 12.3 Å². The maximum Gasteiger partial charge on any atom is 0.481 e. The van der Waals surface area contributed by atoms with Crippen LogP contribution in [0.1, 0.15) is 47.5 Å². The van der Waals surface area contributed by atoms with Crippen molar-refractivity contribution in [2.24, 2.45) is 16.0 Å². The zero-order chi connectivity index (χ0) is 38.1. The first-order chi connectivity index (χ1) is 25.1. The van der Waals surface area contributed by atoms with Gasteiger partial charge in [-0.25, -0.2) is 24.1 Å². The normalized spacial score (nSPS) is 29.8. The highest BCUT2D eigenvalue weighted by atomic mass is 31.3. The summed E-state index contributed by atoms with van der Waals surface area (Å²) in [6, 6.07) is 5.72. The third-order valence-electron chi connectivity index (χ3n) is 8.71. The molecule has 10 atom stereocenters. The lowest BCUT2D eigenvalue weighted by molar-refractivity contribution is -0.0507. The van der Waals surface area contributed by atoms with E-state index in [9.17, 15) is 44.1 Å². The molecule has 3 aromatic rings. The van der Waals surface area contributed by atoms with E-state index in [-0.39, 0.29) is 16.8 Å². The van der Waals surface area contributed by atoms with E-state index < -0.39 is 89.4 Å². The predicted octanol–water partition coefficient (Wildman–Crippen LogP) is 0.0344. The number of phosphoric acid groups is 2. The molecule has 53 heavy (non-hydrogen) atoms. The lowest BCUT2D eigenvalue weighted by Crippen LogP contribution is -2.33. The average Bonchev–Trinajstić information content (AvgIpc) is 3.52. The van der Waals surface area contributed by atoms with E-state index in [2.05, 4.69) is 40.7 Å². The Morgan fingerprint density at radius 2 is 1.66 bits per heavy atom. The molecule has 9 N–H and O–H groups in total. The highest BCUT2D eigenvalue weighted by Crippen LogP contribution is 2.61. The molecule has 2 saturated heterocycles. The van der Waals surface area contributed by atoms with Crippen molar-refractivity contribution in [3.05, 3.63) is 48.0 Å². The van der Waals surface area contributed by atoms with Gasteiger partial charge >= 0.3 is 15.6 Å². The van der Waals surface area contributed by atoms with Gasteiger partial charge in [0.25, 0.3) is 0 Å². The maximum atomic E-state index is 12.6. The maximum absolute atomic E-state index is 12.6. The molecule has 24 heteroatoms. The first kappa shape index (κ1) is 38.9. The van der Waals surface area contributed by atoms with Gasteiger partial charge < -0.3 is 50.7 Å². The molecule has 1 aromatic carbocycles. The van der Waals surface area contributed by atoms with Crippen molar-refractivity contribution in [3.63, 3.8) is 0 Å².